The molecule has 190 valence electrons. The zero-order valence-electron chi connectivity index (χ0n) is 20.3. The van der Waals surface area contributed by atoms with Gasteiger partial charge in [-0.25, -0.2) is 0 Å². The standard InChI is InChI=1S/C26H29N3O7/c1-33-20-6-4-19(13-22(20)34-2)29-14-17(11-24(29)30)26(32)28-9-7-16(8-10-28)25(31)27-18-3-5-21-23(12-18)36-15-35-21/h3-6,12-13,16-17H,7-11,14-15H2,1-2H3,(H,27,31). The molecule has 36 heavy (non-hydrogen) atoms. The van der Waals surface area contributed by atoms with Crippen LogP contribution in [0.2, 0.25) is 0 Å². The van der Waals surface area contributed by atoms with Crippen LogP contribution >= 0.6 is 0 Å². The lowest BCUT2D eigenvalue weighted by Gasteiger charge is -2.33. The average Bonchev–Trinajstić information content (AvgIpc) is 3.54. The molecule has 1 unspecified atom stereocenters. The molecule has 0 bridgehead atoms. The number of carbonyl (C=O) groups is 3. The van der Waals surface area contributed by atoms with Gasteiger partial charge in [0.1, 0.15) is 0 Å². The number of hydrogen-bond donors (Lipinski definition) is 1. The third-order valence-corrected chi connectivity index (χ3v) is 6.97. The largest absolute Gasteiger partial charge is 0.493 e. The van der Waals surface area contributed by atoms with Gasteiger partial charge in [0, 0.05) is 55.5 Å². The zero-order valence-corrected chi connectivity index (χ0v) is 20.3. The Morgan fingerprint density at radius 3 is 2.44 bits per heavy atom. The van der Waals surface area contributed by atoms with Gasteiger partial charge in [-0.05, 0) is 37.1 Å². The van der Waals surface area contributed by atoms with E-state index in [1.165, 1.54) is 0 Å². The number of carbonyl (C=O) groups excluding carboxylic acids is 3. The summed E-state index contributed by atoms with van der Waals surface area (Å²) in [5.41, 5.74) is 1.33. The molecule has 3 heterocycles. The van der Waals surface area contributed by atoms with Crippen LogP contribution in [-0.2, 0) is 14.4 Å². The molecule has 2 aromatic rings. The minimum atomic E-state index is -0.412. The summed E-state index contributed by atoms with van der Waals surface area (Å²) in [6.07, 6.45) is 1.31. The number of benzene rings is 2. The number of ether oxygens (including phenoxy) is 4. The number of rotatable bonds is 6. The Morgan fingerprint density at radius 2 is 1.69 bits per heavy atom. The van der Waals surface area contributed by atoms with Gasteiger partial charge in [0.25, 0.3) is 0 Å². The van der Waals surface area contributed by atoms with Crippen LogP contribution in [0.3, 0.4) is 0 Å². The van der Waals surface area contributed by atoms with Crippen molar-refractivity contribution in [3.8, 4) is 23.0 Å². The van der Waals surface area contributed by atoms with E-state index in [0.717, 1.165) is 0 Å². The summed E-state index contributed by atoms with van der Waals surface area (Å²) in [7, 11) is 3.09. The van der Waals surface area contributed by atoms with Crippen molar-refractivity contribution in [3.05, 3.63) is 36.4 Å². The zero-order chi connectivity index (χ0) is 25.2. The maximum absolute atomic E-state index is 13.2. The molecule has 0 radical (unpaired) electrons. The number of hydrogen-bond acceptors (Lipinski definition) is 7. The third-order valence-electron chi connectivity index (χ3n) is 6.97. The fourth-order valence-corrected chi connectivity index (χ4v) is 4.95. The van der Waals surface area contributed by atoms with Crippen molar-refractivity contribution < 1.29 is 33.3 Å². The predicted molar refractivity (Wildman–Crippen MR) is 131 cm³/mol. The topological polar surface area (TPSA) is 107 Å². The normalized spacial score (nSPS) is 19.4. The van der Waals surface area contributed by atoms with Crippen LogP contribution in [0.4, 0.5) is 11.4 Å². The van der Waals surface area contributed by atoms with E-state index in [1.807, 2.05) is 0 Å². The van der Waals surface area contributed by atoms with Crippen LogP contribution in [0, 0.1) is 11.8 Å². The first-order valence-corrected chi connectivity index (χ1v) is 12.0. The fraction of sp³-hybridized carbons (Fsp3) is 0.423. The lowest BCUT2D eigenvalue weighted by Crippen LogP contribution is -2.44. The minimum Gasteiger partial charge on any atom is -0.493 e. The van der Waals surface area contributed by atoms with Crippen LogP contribution in [0.15, 0.2) is 36.4 Å². The highest BCUT2D eigenvalue weighted by Gasteiger charge is 2.39. The smallest absolute Gasteiger partial charge is 0.231 e. The van der Waals surface area contributed by atoms with Crippen LogP contribution in [-0.4, -0.2) is 63.3 Å². The highest BCUT2D eigenvalue weighted by Crippen LogP contribution is 2.36. The van der Waals surface area contributed by atoms with Gasteiger partial charge in [0.15, 0.2) is 23.0 Å². The number of nitrogens with one attached hydrogen (secondary N) is 1. The minimum absolute atomic E-state index is 0.0408. The molecule has 10 nitrogen and oxygen atoms in total. The van der Waals surface area contributed by atoms with Gasteiger partial charge >= 0.3 is 0 Å². The van der Waals surface area contributed by atoms with Crippen molar-refractivity contribution in [1.82, 2.24) is 4.90 Å². The summed E-state index contributed by atoms with van der Waals surface area (Å²) >= 11 is 0. The number of fused-ring (bicyclic) bond motifs is 1. The molecule has 10 heteroatoms. The first kappa shape index (κ1) is 23.8. The van der Waals surface area contributed by atoms with Crippen molar-refractivity contribution in [2.75, 3.05) is 50.9 Å². The first-order chi connectivity index (χ1) is 17.5. The van der Waals surface area contributed by atoms with E-state index < -0.39 is 5.92 Å². The highest BCUT2D eigenvalue weighted by molar-refractivity contribution is 6.00. The maximum Gasteiger partial charge on any atom is 0.231 e. The Labute approximate surface area is 209 Å². The van der Waals surface area contributed by atoms with Gasteiger partial charge < -0.3 is 34.1 Å². The second-order valence-corrected chi connectivity index (χ2v) is 9.10. The maximum atomic E-state index is 13.2. The number of amides is 3. The lowest BCUT2D eigenvalue weighted by atomic mass is 9.94. The summed E-state index contributed by atoms with van der Waals surface area (Å²) in [6.45, 7) is 1.47. The summed E-state index contributed by atoms with van der Waals surface area (Å²) < 4.78 is 21.3. The summed E-state index contributed by atoms with van der Waals surface area (Å²) in [4.78, 5) is 42.1. The van der Waals surface area contributed by atoms with Crippen molar-refractivity contribution in [3.63, 3.8) is 0 Å². The molecule has 3 aliphatic rings. The molecule has 2 fully saturated rings. The number of nitrogens with zero attached hydrogens (tertiary/aromatic N) is 2. The van der Waals surface area contributed by atoms with Crippen LogP contribution in [0.5, 0.6) is 23.0 Å². The van der Waals surface area contributed by atoms with Crippen molar-refractivity contribution in [2.45, 2.75) is 19.3 Å². The molecule has 0 aromatic heterocycles. The summed E-state index contributed by atoms with van der Waals surface area (Å²) in [6, 6.07) is 10.6. The molecule has 2 aromatic carbocycles. The van der Waals surface area contributed by atoms with Crippen LogP contribution in [0.1, 0.15) is 19.3 Å². The van der Waals surface area contributed by atoms with Gasteiger partial charge in [0.05, 0.1) is 20.1 Å². The molecular weight excluding hydrogens is 466 g/mol. The Morgan fingerprint density at radius 1 is 0.944 bits per heavy atom. The van der Waals surface area contributed by atoms with Crippen LogP contribution in [0.25, 0.3) is 0 Å². The Bertz CT molecular complexity index is 1180. The predicted octanol–water partition coefficient (Wildman–Crippen LogP) is 2.66. The van der Waals surface area contributed by atoms with Gasteiger partial charge in [-0.1, -0.05) is 0 Å². The number of likely N-dealkylation sites (tertiary alicyclic amines) is 1. The molecule has 0 aliphatic carbocycles. The van der Waals surface area contributed by atoms with Gasteiger partial charge in [-0.2, -0.15) is 0 Å². The summed E-state index contributed by atoms with van der Waals surface area (Å²) in [5, 5.41) is 2.94. The molecule has 3 amide bonds. The average molecular weight is 496 g/mol. The number of piperidine rings is 1. The second-order valence-electron chi connectivity index (χ2n) is 9.10. The molecule has 5 rings (SSSR count). The number of anilines is 2. The Balaban J connectivity index is 1.15. The SMILES string of the molecule is COc1ccc(N2CC(C(=O)N3CCC(C(=O)Nc4ccc5c(c4)OCO5)CC3)CC2=O)cc1OC. The lowest BCUT2D eigenvalue weighted by molar-refractivity contribution is -0.138. The Kier molecular flexibility index (Phi) is 6.58. The van der Waals surface area contributed by atoms with Gasteiger partial charge in [0.2, 0.25) is 24.5 Å². The quantitative estimate of drug-likeness (QED) is 0.657. The second kappa shape index (κ2) is 9.96. The molecule has 1 atom stereocenters. The van der Waals surface area contributed by atoms with Gasteiger partial charge in [-0.15, -0.1) is 0 Å². The highest BCUT2D eigenvalue weighted by atomic mass is 16.7. The van der Waals surface area contributed by atoms with Crippen molar-refractivity contribution in [2.24, 2.45) is 11.8 Å². The van der Waals surface area contributed by atoms with E-state index in [0.29, 0.717) is 66.8 Å². The molecule has 1 N–H and O–H groups in total. The monoisotopic (exact) mass is 495 g/mol. The van der Waals surface area contributed by atoms with E-state index >= 15 is 0 Å². The molecule has 0 spiro atoms. The van der Waals surface area contributed by atoms with E-state index in [-0.39, 0.29) is 36.9 Å². The van der Waals surface area contributed by atoms with Crippen molar-refractivity contribution in [1.29, 1.82) is 0 Å². The molecular formula is C26H29N3O7. The van der Waals surface area contributed by atoms with Gasteiger partial charge in [-0.3, -0.25) is 14.4 Å². The van der Waals surface area contributed by atoms with E-state index in [4.69, 9.17) is 18.9 Å². The molecule has 2 saturated heterocycles. The first-order valence-electron chi connectivity index (χ1n) is 12.0. The summed E-state index contributed by atoms with van der Waals surface area (Å²) in [5.74, 6) is 1.56. The Hall–Kier alpha value is -3.95. The van der Waals surface area contributed by atoms with Crippen molar-refractivity contribution >= 4 is 29.1 Å². The number of methoxy groups -OCH3 is 2. The molecule has 0 saturated carbocycles. The third kappa shape index (κ3) is 4.62. The van der Waals surface area contributed by atoms with E-state index in [1.54, 1.807) is 60.4 Å². The van der Waals surface area contributed by atoms with E-state index in [9.17, 15) is 14.4 Å². The fourth-order valence-electron chi connectivity index (χ4n) is 4.95. The van der Waals surface area contributed by atoms with Crippen LogP contribution < -0.4 is 29.2 Å². The molecule has 3 aliphatic heterocycles. The van der Waals surface area contributed by atoms with E-state index in [2.05, 4.69) is 5.32 Å².